The van der Waals surface area contributed by atoms with Crippen LogP contribution in [0.4, 0.5) is 11.4 Å². The largest absolute Gasteiger partial charge is 0.488 e. The van der Waals surface area contributed by atoms with Crippen LogP contribution in [0.5, 0.6) is 5.75 Å². The van der Waals surface area contributed by atoms with E-state index < -0.39 is 0 Å². The van der Waals surface area contributed by atoms with Crippen molar-refractivity contribution in [2.24, 2.45) is 0 Å². The van der Waals surface area contributed by atoms with Crippen LogP contribution in [0.15, 0.2) is 54.6 Å². The molecule has 19 heavy (non-hydrogen) atoms. The van der Waals surface area contributed by atoms with Crippen LogP contribution in [0.2, 0.25) is 0 Å². The van der Waals surface area contributed by atoms with Crippen LogP contribution < -0.4 is 9.64 Å². The van der Waals surface area contributed by atoms with E-state index in [4.69, 9.17) is 4.74 Å². The van der Waals surface area contributed by atoms with Crippen molar-refractivity contribution < 1.29 is 4.74 Å². The topological polar surface area (TPSA) is 12.5 Å². The Balaban J connectivity index is 2.15. The van der Waals surface area contributed by atoms with Gasteiger partial charge in [-0.05, 0) is 57.2 Å². The van der Waals surface area contributed by atoms with Crippen molar-refractivity contribution in [1.82, 2.24) is 0 Å². The molecule has 100 valence electrons. The average molecular weight is 255 g/mol. The molecule has 2 aromatic carbocycles. The molecule has 0 atom stereocenters. The Morgan fingerprint density at radius 3 is 1.84 bits per heavy atom. The third-order valence-corrected chi connectivity index (χ3v) is 2.79. The van der Waals surface area contributed by atoms with Gasteiger partial charge in [0, 0.05) is 18.4 Å². The van der Waals surface area contributed by atoms with Gasteiger partial charge in [-0.1, -0.05) is 18.2 Å². The minimum Gasteiger partial charge on any atom is -0.488 e. The van der Waals surface area contributed by atoms with Crippen molar-refractivity contribution >= 4 is 11.4 Å². The van der Waals surface area contributed by atoms with Crippen LogP contribution in [0.1, 0.15) is 20.8 Å². The highest BCUT2D eigenvalue weighted by Gasteiger charge is 2.11. The lowest BCUT2D eigenvalue weighted by Crippen LogP contribution is -2.22. The number of anilines is 2. The summed E-state index contributed by atoms with van der Waals surface area (Å²) in [7, 11) is 2.06. The second kappa shape index (κ2) is 5.35. The number of ether oxygens (including phenoxy) is 1. The van der Waals surface area contributed by atoms with Crippen molar-refractivity contribution in [2.45, 2.75) is 26.4 Å². The van der Waals surface area contributed by atoms with Gasteiger partial charge in [-0.15, -0.1) is 0 Å². The summed E-state index contributed by atoms with van der Waals surface area (Å²) in [5.41, 5.74) is 2.16. The Morgan fingerprint density at radius 1 is 0.789 bits per heavy atom. The summed E-state index contributed by atoms with van der Waals surface area (Å²) in [6.07, 6.45) is 0. The molecule has 0 aromatic heterocycles. The van der Waals surface area contributed by atoms with Gasteiger partial charge in [0.1, 0.15) is 11.4 Å². The summed E-state index contributed by atoms with van der Waals surface area (Å²) in [5.74, 6) is 0.901. The lowest BCUT2D eigenvalue weighted by Gasteiger charge is -2.23. The van der Waals surface area contributed by atoms with Crippen LogP contribution in [0.3, 0.4) is 0 Å². The van der Waals surface area contributed by atoms with Gasteiger partial charge >= 0.3 is 0 Å². The Labute approximate surface area is 115 Å². The average Bonchev–Trinajstić information content (AvgIpc) is 2.38. The van der Waals surface area contributed by atoms with E-state index in [1.54, 1.807) is 0 Å². The third-order valence-electron chi connectivity index (χ3n) is 2.79. The maximum Gasteiger partial charge on any atom is 0.120 e. The summed E-state index contributed by atoms with van der Waals surface area (Å²) in [6, 6.07) is 18.5. The molecular weight excluding hydrogens is 234 g/mol. The van der Waals surface area contributed by atoms with E-state index in [1.165, 1.54) is 5.69 Å². The molecule has 2 heteroatoms. The molecule has 0 fully saturated rings. The lowest BCUT2D eigenvalue weighted by atomic mass is 10.2. The van der Waals surface area contributed by atoms with Crippen LogP contribution in [-0.2, 0) is 0 Å². The molecule has 0 unspecified atom stereocenters. The van der Waals surface area contributed by atoms with Crippen molar-refractivity contribution in [2.75, 3.05) is 11.9 Å². The molecule has 0 spiro atoms. The number of para-hydroxylation sites is 1. The zero-order chi connectivity index (χ0) is 13.9. The second-order valence-corrected chi connectivity index (χ2v) is 5.60. The van der Waals surface area contributed by atoms with Crippen LogP contribution in [0, 0.1) is 0 Å². The van der Waals surface area contributed by atoms with E-state index >= 15 is 0 Å². The van der Waals surface area contributed by atoms with Gasteiger partial charge < -0.3 is 9.64 Å². The monoisotopic (exact) mass is 255 g/mol. The van der Waals surface area contributed by atoms with E-state index in [2.05, 4.69) is 57.0 Å². The van der Waals surface area contributed by atoms with Crippen LogP contribution >= 0.6 is 0 Å². The predicted molar refractivity (Wildman–Crippen MR) is 81.3 cm³/mol. The van der Waals surface area contributed by atoms with Crippen LogP contribution in [0.25, 0.3) is 0 Å². The normalized spacial score (nSPS) is 11.2. The lowest BCUT2D eigenvalue weighted by molar-refractivity contribution is 0.131. The Bertz CT molecular complexity index is 511. The summed E-state index contributed by atoms with van der Waals surface area (Å²) < 4.78 is 5.82. The van der Waals surface area contributed by atoms with E-state index in [-0.39, 0.29) is 5.60 Å². The van der Waals surface area contributed by atoms with Gasteiger partial charge in [-0.3, -0.25) is 0 Å². The minimum absolute atomic E-state index is 0.160. The first-order chi connectivity index (χ1) is 8.96. The number of benzene rings is 2. The molecule has 0 N–H and O–H groups in total. The van der Waals surface area contributed by atoms with E-state index in [0.717, 1.165) is 11.4 Å². The second-order valence-electron chi connectivity index (χ2n) is 5.60. The molecule has 2 rings (SSSR count). The third kappa shape index (κ3) is 3.75. The van der Waals surface area contributed by atoms with Gasteiger partial charge in [-0.25, -0.2) is 0 Å². The van der Waals surface area contributed by atoms with E-state index in [9.17, 15) is 0 Å². The first-order valence-corrected chi connectivity index (χ1v) is 6.53. The first kappa shape index (κ1) is 13.5. The zero-order valence-electron chi connectivity index (χ0n) is 12.1. The van der Waals surface area contributed by atoms with Crippen molar-refractivity contribution in [3.8, 4) is 5.75 Å². The van der Waals surface area contributed by atoms with Gasteiger partial charge in [0.15, 0.2) is 0 Å². The fraction of sp³-hybridized carbons (Fsp3) is 0.294. The van der Waals surface area contributed by atoms with E-state index in [1.807, 2.05) is 30.3 Å². The Kier molecular flexibility index (Phi) is 3.79. The molecule has 0 aliphatic carbocycles. The zero-order valence-corrected chi connectivity index (χ0v) is 12.1. The smallest absolute Gasteiger partial charge is 0.120 e. The highest BCUT2D eigenvalue weighted by Crippen LogP contribution is 2.26. The fourth-order valence-corrected chi connectivity index (χ4v) is 1.89. The standard InChI is InChI=1S/C17H21NO/c1-17(2,3)19-16-12-10-15(11-13-16)18(4)14-8-6-5-7-9-14/h5-13H,1-4H3. The molecule has 2 aromatic rings. The molecule has 0 saturated heterocycles. The number of hydrogen-bond donors (Lipinski definition) is 0. The van der Waals surface area contributed by atoms with E-state index in [0.29, 0.717) is 0 Å². The summed E-state index contributed by atoms with van der Waals surface area (Å²) in [5, 5.41) is 0. The summed E-state index contributed by atoms with van der Waals surface area (Å²) in [6.45, 7) is 6.16. The fourth-order valence-electron chi connectivity index (χ4n) is 1.89. The molecule has 0 aliphatic rings. The maximum absolute atomic E-state index is 5.82. The summed E-state index contributed by atoms with van der Waals surface area (Å²) >= 11 is 0. The van der Waals surface area contributed by atoms with Crippen molar-refractivity contribution in [3.05, 3.63) is 54.6 Å². The number of rotatable bonds is 3. The SMILES string of the molecule is CN(c1ccccc1)c1ccc(OC(C)(C)C)cc1. The maximum atomic E-state index is 5.82. The number of hydrogen-bond acceptors (Lipinski definition) is 2. The highest BCUT2D eigenvalue weighted by molar-refractivity contribution is 5.62. The van der Waals surface area contributed by atoms with Crippen molar-refractivity contribution in [3.63, 3.8) is 0 Å². The molecule has 0 radical (unpaired) electrons. The van der Waals surface area contributed by atoms with Gasteiger partial charge in [-0.2, -0.15) is 0 Å². The predicted octanol–water partition coefficient (Wildman–Crippen LogP) is 4.63. The Hall–Kier alpha value is -1.96. The molecule has 0 amide bonds. The quantitative estimate of drug-likeness (QED) is 0.792. The molecule has 2 nitrogen and oxygen atoms in total. The van der Waals surface area contributed by atoms with Crippen molar-refractivity contribution in [1.29, 1.82) is 0 Å². The first-order valence-electron chi connectivity index (χ1n) is 6.53. The van der Waals surface area contributed by atoms with Gasteiger partial charge in [0.05, 0.1) is 0 Å². The molecular formula is C17H21NO. The molecule has 0 aliphatic heterocycles. The summed E-state index contributed by atoms with van der Waals surface area (Å²) in [4.78, 5) is 2.15. The molecule has 0 bridgehead atoms. The number of nitrogens with zero attached hydrogens (tertiary/aromatic N) is 1. The molecule has 0 heterocycles. The van der Waals surface area contributed by atoms with Crippen LogP contribution in [-0.4, -0.2) is 12.6 Å². The highest BCUT2D eigenvalue weighted by atomic mass is 16.5. The van der Waals surface area contributed by atoms with Gasteiger partial charge in [0.2, 0.25) is 0 Å². The van der Waals surface area contributed by atoms with Gasteiger partial charge in [0.25, 0.3) is 0 Å². The minimum atomic E-state index is -0.160. The molecule has 0 saturated carbocycles. The Morgan fingerprint density at radius 2 is 1.32 bits per heavy atom.